The van der Waals surface area contributed by atoms with E-state index in [1.54, 1.807) is 4.31 Å². The third kappa shape index (κ3) is 6.45. The summed E-state index contributed by atoms with van der Waals surface area (Å²) in [7, 11) is -3.65. The number of nitrogens with one attached hydrogen (secondary N) is 2. The van der Waals surface area contributed by atoms with E-state index in [2.05, 4.69) is 10.6 Å². The molecular formula is C26H35N3O4S. The fourth-order valence-electron chi connectivity index (χ4n) is 4.75. The van der Waals surface area contributed by atoms with E-state index in [-0.39, 0.29) is 12.6 Å². The Kier molecular flexibility index (Phi) is 8.85. The number of hydrogen-bond acceptors (Lipinski definition) is 4. The molecule has 2 amide bonds. The monoisotopic (exact) mass is 485 g/mol. The molecule has 0 bridgehead atoms. The van der Waals surface area contributed by atoms with Crippen LogP contribution in [0.2, 0.25) is 0 Å². The Labute approximate surface area is 203 Å². The fourth-order valence-corrected chi connectivity index (χ4v) is 6.89. The first kappa shape index (κ1) is 25.9. The van der Waals surface area contributed by atoms with Crippen molar-refractivity contribution >= 4 is 21.8 Å². The molecule has 0 saturated carbocycles. The highest BCUT2D eigenvalue weighted by Gasteiger charge is 2.35. The van der Waals surface area contributed by atoms with E-state index < -0.39 is 21.8 Å². The molecule has 1 saturated heterocycles. The van der Waals surface area contributed by atoms with Crippen molar-refractivity contribution in [2.75, 3.05) is 19.6 Å². The standard InChI is InChI=1S/C26H35N3O4S/c1-19-17-20(2)24(21(3)18-19)34(32,33)29-16-8-7-11-23(29)13-15-28-26(31)25(30)27-14-12-22-9-5-4-6-10-22/h4-6,9-10,17-18,23H,7-8,11-16H2,1-3H3,(H,27,30)(H,28,31)/t23-/m0/s1. The van der Waals surface area contributed by atoms with Crippen LogP contribution in [0.15, 0.2) is 47.4 Å². The van der Waals surface area contributed by atoms with E-state index in [4.69, 9.17) is 0 Å². The van der Waals surface area contributed by atoms with Crippen molar-refractivity contribution in [1.29, 1.82) is 0 Å². The topological polar surface area (TPSA) is 95.6 Å². The largest absolute Gasteiger partial charge is 0.348 e. The molecule has 1 aliphatic heterocycles. The SMILES string of the molecule is Cc1cc(C)c(S(=O)(=O)N2CCCC[C@H]2CCNC(=O)C(=O)NCCc2ccccc2)c(C)c1. The van der Waals surface area contributed by atoms with E-state index in [9.17, 15) is 18.0 Å². The minimum absolute atomic E-state index is 0.208. The van der Waals surface area contributed by atoms with Gasteiger partial charge in [0.2, 0.25) is 10.0 Å². The van der Waals surface area contributed by atoms with Crippen LogP contribution in [0.1, 0.15) is 47.9 Å². The van der Waals surface area contributed by atoms with Crippen LogP contribution >= 0.6 is 0 Å². The molecule has 2 aromatic carbocycles. The summed E-state index contributed by atoms with van der Waals surface area (Å²) in [6.45, 7) is 6.72. The van der Waals surface area contributed by atoms with Crippen LogP contribution in [0, 0.1) is 20.8 Å². The van der Waals surface area contributed by atoms with Gasteiger partial charge in [-0.2, -0.15) is 4.31 Å². The quantitative estimate of drug-likeness (QED) is 0.562. The minimum Gasteiger partial charge on any atom is -0.348 e. The number of nitrogens with zero attached hydrogens (tertiary/aromatic N) is 1. The van der Waals surface area contributed by atoms with E-state index in [1.807, 2.05) is 63.2 Å². The molecule has 0 radical (unpaired) electrons. The molecule has 184 valence electrons. The fraction of sp³-hybridized carbons (Fsp3) is 0.462. The number of sulfonamides is 1. The maximum absolute atomic E-state index is 13.6. The Morgan fingerprint density at radius 1 is 0.941 bits per heavy atom. The number of aryl methyl sites for hydroxylation is 3. The summed E-state index contributed by atoms with van der Waals surface area (Å²) in [5, 5.41) is 5.28. The molecule has 7 nitrogen and oxygen atoms in total. The maximum atomic E-state index is 13.6. The second-order valence-corrected chi connectivity index (χ2v) is 10.9. The summed E-state index contributed by atoms with van der Waals surface area (Å²) in [4.78, 5) is 24.7. The van der Waals surface area contributed by atoms with Crippen LogP contribution < -0.4 is 10.6 Å². The summed E-state index contributed by atoms with van der Waals surface area (Å²) in [5.41, 5.74) is 3.62. The zero-order valence-corrected chi connectivity index (χ0v) is 21.1. The van der Waals surface area contributed by atoms with Crippen molar-refractivity contribution in [3.8, 4) is 0 Å². The molecule has 1 aliphatic rings. The Hall–Kier alpha value is -2.71. The van der Waals surface area contributed by atoms with Gasteiger partial charge in [0.1, 0.15) is 0 Å². The van der Waals surface area contributed by atoms with Crippen LogP contribution in [0.3, 0.4) is 0 Å². The summed E-state index contributed by atoms with van der Waals surface area (Å²) in [5.74, 6) is -1.36. The third-order valence-electron chi connectivity index (χ3n) is 6.26. The molecule has 0 aromatic heterocycles. The van der Waals surface area contributed by atoms with Gasteiger partial charge in [-0.25, -0.2) is 8.42 Å². The molecule has 1 heterocycles. The summed E-state index contributed by atoms with van der Waals surface area (Å²) < 4.78 is 28.7. The van der Waals surface area contributed by atoms with E-state index in [0.717, 1.165) is 41.5 Å². The maximum Gasteiger partial charge on any atom is 0.309 e. The van der Waals surface area contributed by atoms with Crippen LogP contribution in [0.4, 0.5) is 0 Å². The first-order chi connectivity index (χ1) is 16.2. The van der Waals surface area contributed by atoms with Crippen molar-refractivity contribution in [2.45, 2.75) is 63.8 Å². The van der Waals surface area contributed by atoms with Gasteiger partial charge in [0.15, 0.2) is 0 Å². The van der Waals surface area contributed by atoms with Crippen molar-refractivity contribution in [3.05, 3.63) is 64.7 Å². The Balaban J connectivity index is 1.55. The predicted octanol–water partition coefficient (Wildman–Crippen LogP) is 3.02. The first-order valence-corrected chi connectivity index (χ1v) is 13.3. The number of hydrogen-bond donors (Lipinski definition) is 2. The van der Waals surface area contributed by atoms with Crippen LogP contribution in [-0.2, 0) is 26.0 Å². The van der Waals surface area contributed by atoms with Gasteiger partial charge in [-0.05, 0) is 63.1 Å². The average molecular weight is 486 g/mol. The van der Waals surface area contributed by atoms with Crippen molar-refractivity contribution in [2.24, 2.45) is 0 Å². The molecule has 1 atom stereocenters. The normalized spacial score (nSPS) is 16.7. The van der Waals surface area contributed by atoms with Gasteiger partial charge in [-0.15, -0.1) is 0 Å². The van der Waals surface area contributed by atoms with E-state index in [1.165, 1.54) is 0 Å². The van der Waals surface area contributed by atoms with Gasteiger partial charge in [-0.1, -0.05) is 54.4 Å². The smallest absolute Gasteiger partial charge is 0.309 e. The van der Waals surface area contributed by atoms with Crippen molar-refractivity contribution in [1.82, 2.24) is 14.9 Å². The van der Waals surface area contributed by atoms with Gasteiger partial charge in [-0.3, -0.25) is 9.59 Å². The van der Waals surface area contributed by atoms with Gasteiger partial charge < -0.3 is 10.6 Å². The zero-order chi connectivity index (χ0) is 24.7. The third-order valence-corrected chi connectivity index (χ3v) is 8.51. The molecule has 0 spiro atoms. The zero-order valence-electron chi connectivity index (χ0n) is 20.3. The van der Waals surface area contributed by atoms with Crippen LogP contribution in [0.5, 0.6) is 0 Å². The Morgan fingerprint density at radius 2 is 1.56 bits per heavy atom. The number of rotatable bonds is 8. The Bertz CT molecular complexity index is 1090. The molecule has 2 aromatic rings. The van der Waals surface area contributed by atoms with Crippen molar-refractivity contribution < 1.29 is 18.0 Å². The van der Waals surface area contributed by atoms with E-state index in [0.29, 0.717) is 30.8 Å². The highest BCUT2D eigenvalue weighted by atomic mass is 32.2. The second kappa shape index (κ2) is 11.6. The Morgan fingerprint density at radius 3 is 2.21 bits per heavy atom. The van der Waals surface area contributed by atoms with Crippen LogP contribution in [0.25, 0.3) is 0 Å². The lowest BCUT2D eigenvalue weighted by atomic mass is 10.0. The number of carbonyl (C=O) groups excluding carboxylic acids is 2. The molecule has 3 rings (SSSR count). The number of benzene rings is 2. The summed E-state index contributed by atoms with van der Waals surface area (Å²) >= 11 is 0. The molecular weight excluding hydrogens is 450 g/mol. The molecule has 8 heteroatoms. The van der Waals surface area contributed by atoms with Gasteiger partial charge in [0.05, 0.1) is 4.90 Å². The highest BCUT2D eigenvalue weighted by molar-refractivity contribution is 7.89. The molecule has 1 fully saturated rings. The summed E-state index contributed by atoms with van der Waals surface area (Å²) in [6.07, 6.45) is 3.60. The van der Waals surface area contributed by atoms with Crippen LogP contribution in [-0.4, -0.2) is 50.2 Å². The number of amides is 2. The average Bonchev–Trinajstić information content (AvgIpc) is 2.79. The van der Waals surface area contributed by atoms with Gasteiger partial charge in [0.25, 0.3) is 0 Å². The highest BCUT2D eigenvalue weighted by Crippen LogP contribution is 2.31. The number of piperidine rings is 1. The molecule has 0 unspecified atom stereocenters. The lowest BCUT2D eigenvalue weighted by Gasteiger charge is -2.35. The second-order valence-electron chi connectivity index (χ2n) is 9.03. The molecule has 0 aliphatic carbocycles. The van der Waals surface area contributed by atoms with Crippen molar-refractivity contribution in [3.63, 3.8) is 0 Å². The molecule has 2 N–H and O–H groups in total. The lowest BCUT2D eigenvalue weighted by Crippen LogP contribution is -2.46. The minimum atomic E-state index is -3.65. The predicted molar refractivity (Wildman–Crippen MR) is 133 cm³/mol. The first-order valence-electron chi connectivity index (χ1n) is 11.9. The lowest BCUT2D eigenvalue weighted by molar-refractivity contribution is -0.139. The molecule has 34 heavy (non-hydrogen) atoms. The van der Waals surface area contributed by atoms with Gasteiger partial charge >= 0.3 is 11.8 Å². The summed E-state index contributed by atoms with van der Waals surface area (Å²) in [6, 6.07) is 13.3. The van der Waals surface area contributed by atoms with Gasteiger partial charge in [0, 0.05) is 25.7 Å². The number of carbonyl (C=O) groups is 2. The van der Waals surface area contributed by atoms with E-state index >= 15 is 0 Å².